The summed E-state index contributed by atoms with van der Waals surface area (Å²) in [5.41, 5.74) is 7.91. The maximum absolute atomic E-state index is 10.9. The molecule has 80 valence electrons. The van der Waals surface area contributed by atoms with Crippen LogP contribution in [0, 0.1) is 5.92 Å². The molecule has 0 bridgehead atoms. The van der Waals surface area contributed by atoms with Crippen molar-refractivity contribution in [1.82, 2.24) is 0 Å². The lowest BCUT2D eigenvalue weighted by molar-refractivity contribution is -0.143. The van der Waals surface area contributed by atoms with Gasteiger partial charge in [0.25, 0.3) is 0 Å². The minimum Gasteiger partial charge on any atom is -0.481 e. The first-order valence-corrected chi connectivity index (χ1v) is 5.24. The topological polar surface area (TPSA) is 63.3 Å². The second-order valence-corrected chi connectivity index (χ2v) is 4.29. The lowest BCUT2D eigenvalue weighted by atomic mass is 9.80. The molecule has 0 heterocycles. The first-order chi connectivity index (χ1) is 7.09. The molecular formula is C11H12ClNO2. The number of halogens is 1. The monoisotopic (exact) mass is 225 g/mol. The molecule has 0 spiro atoms. The van der Waals surface area contributed by atoms with Gasteiger partial charge in [0.2, 0.25) is 0 Å². The molecule has 0 amide bonds. The van der Waals surface area contributed by atoms with Gasteiger partial charge in [-0.25, -0.2) is 0 Å². The van der Waals surface area contributed by atoms with Crippen LogP contribution in [0.3, 0.4) is 0 Å². The van der Waals surface area contributed by atoms with Gasteiger partial charge in [-0.3, -0.25) is 4.79 Å². The summed E-state index contributed by atoms with van der Waals surface area (Å²) < 4.78 is 0. The van der Waals surface area contributed by atoms with E-state index in [9.17, 15) is 4.79 Å². The summed E-state index contributed by atoms with van der Waals surface area (Å²) in [6, 6.07) is 5.04. The second kappa shape index (κ2) is 3.83. The molecule has 0 saturated carbocycles. The van der Waals surface area contributed by atoms with E-state index in [1.807, 2.05) is 12.1 Å². The van der Waals surface area contributed by atoms with Gasteiger partial charge in [-0.2, -0.15) is 0 Å². The van der Waals surface area contributed by atoms with Crippen LogP contribution in [-0.4, -0.2) is 11.1 Å². The van der Waals surface area contributed by atoms with Crippen LogP contribution < -0.4 is 5.73 Å². The van der Waals surface area contributed by atoms with Crippen molar-refractivity contribution >= 4 is 17.6 Å². The molecule has 0 saturated heterocycles. The standard InChI is InChI=1S/C11H12ClNO2/c12-7-2-4-8-6(5-7)1-3-9(10(8)13)11(14)15/h2,4-5,9-10H,1,3,13H2,(H,14,15). The quantitative estimate of drug-likeness (QED) is 0.768. The summed E-state index contributed by atoms with van der Waals surface area (Å²) in [6.45, 7) is 0. The number of rotatable bonds is 1. The predicted octanol–water partition coefficient (Wildman–Crippen LogP) is 1.99. The largest absolute Gasteiger partial charge is 0.481 e. The zero-order valence-corrected chi connectivity index (χ0v) is 8.87. The van der Waals surface area contributed by atoms with Crippen molar-refractivity contribution in [2.45, 2.75) is 18.9 Å². The summed E-state index contributed by atoms with van der Waals surface area (Å²) in [5, 5.41) is 9.66. The number of hydrogen-bond donors (Lipinski definition) is 2. The van der Waals surface area contributed by atoms with Crippen molar-refractivity contribution in [2.24, 2.45) is 11.7 Å². The maximum atomic E-state index is 10.9. The van der Waals surface area contributed by atoms with Crippen LogP contribution in [0.15, 0.2) is 18.2 Å². The highest BCUT2D eigenvalue weighted by molar-refractivity contribution is 6.30. The Morgan fingerprint density at radius 2 is 2.27 bits per heavy atom. The van der Waals surface area contributed by atoms with Crippen LogP contribution >= 0.6 is 11.6 Å². The van der Waals surface area contributed by atoms with E-state index in [-0.39, 0.29) is 0 Å². The molecule has 0 fully saturated rings. The highest BCUT2D eigenvalue weighted by atomic mass is 35.5. The third-order valence-electron chi connectivity index (χ3n) is 2.94. The first kappa shape index (κ1) is 10.5. The van der Waals surface area contributed by atoms with Gasteiger partial charge in [0, 0.05) is 11.1 Å². The van der Waals surface area contributed by atoms with Crippen LogP contribution in [-0.2, 0) is 11.2 Å². The lowest BCUT2D eigenvalue weighted by Crippen LogP contribution is -2.32. The summed E-state index contributed by atoms with van der Waals surface area (Å²) in [7, 11) is 0. The normalized spacial score (nSPS) is 24.7. The van der Waals surface area contributed by atoms with E-state index in [0.29, 0.717) is 11.4 Å². The average molecular weight is 226 g/mol. The van der Waals surface area contributed by atoms with Crippen LogP contribution in [0.1, 0.15) is 23.6 Å². The van der Waals surface area contributed by atoms with Crippen LogP contribution in [0.25, 0.3) is 0 Å². The van der Waals surface area contributed by atoms with Crippen molar-refractivity contribution in [3.63, 3.8) is 0 Å². The third kappa shape index (κ3) is 1.85. The Labute approximate surface area is 92.8 Å². The Morgan fingerprint density at radius 3 is 2.93 bits per heavy atom. The zero-order valence-electron chi connectivity index (χ0n) is 8.11. The van der Waals surface area contributed by atoms with Gasteiger partial charge in [0.05, 0.1) is 5.92 Å². The summed E-state index contributed by atoms with van der Waals surface area (Å²) in [5.74, 6) is -1.29. The molecule has 1 aromatic rings. The molecule has 3 nitrogen and oxygen atoms in total. The number of carboxylic acid groups (broad SMARTS) is 1. The molecule has 0 aromatic heterocycles. The van der Waals surface area contributed by atoms with Crippen molar-refractivity contribution in [3.05, 3.63) is 34.3 Å². The third-order valence-corrected chi connectivity index (χ3v) is 3.17. The van der Waals surface area contributed by atoms with Gasteiger partial charge >= 0.3 is 5.97 Å². The van der Waals surface area contributed by atoms with E-state index >= 15 is 0 Å². The molecule has 0 aliphatic heterocycles. The number of hydrogen-bond acceptors (Lipinski definition) is 2. The first-order valence-electron chi connectivity index (χ1n) is 4.86. The van der Waals surface area contributed by atoms with Gasteiger partial charge < -0.3 is 10.8 Å². The Hall–Kier alpha value is -1.06. The molecule has 15 heavy (non-hydrogen) atoms. The number of aryl methyl sites for hydroxylation is 1. The van der Waals surface area contributed by atoms with E-state index in [4.69, 9.17) is 22.4 Å². The predicted molar refractivity (Wildman–Crippen MR) is 57.8 cm³/mol. The van der Waals surface area contributed by atoms with Crippen LogP contribution in [0.4, 0.5) is 0 Å². The Morgan fingerprint density at radius 1 is 1.53 bits per heavy atom. The molecule has 1 aromatic carbocycles. The van der Waals surface area contributed by atoms with Gasteiger partial charge in [0.15, 0.2) is 0 Å². The van der Waals surface area contributed by atoms with Crippen molar-refractivity contribution < 1.29 is 9.90 Å². The number of aliphatic carboxylic acids is 1. The average Bonchev–Trinajstić information content (AvgIpc) is 2.17. The Balaban J connectivity index is 2.38. The van der Waals surface area contributed by atoms with Crippen LogP contribution in [0.5, 0.6) is 0 Å². The smallest absolute Gasteiger partial charge is 0.308 e. The van der Waals surface area contributed by atoms with Crippen molar-refractivity contribution in [3.8, 4) is 0 Å². The van der Waals surface area contributed by atoms with Crippen molar-refractivity contribution in [1.29, 1.82) is 0 Å². The fourth-order valence-electron chi connectivity index (χ4n) is 2.10. The molecule has 0 radical (unpaired) electrons. The van der Waals surface area contributed by atoms with Gasteiger partial charge in [-0.15, -0.1) is 0 Å². The van der Waals surface area contributed by atoms with Crippen molar-refractivity contribution in [2.75, 3.05) is 0 Å². The van der Waals surface area contributed by atoms with E-state index in [2.05, 4.69) is 0 Å². The van der Waals surface area contributed by atoms with E-state index in [1.54, 1.807) is 6.07 Å². The lowest BCUT2D eigenvalue weighted by Gasteiger charge is -2.28. The number of carboxylic acids is 1. The van der Waals surface area contributed by atoms with E-state index in [1.165, 1.54) is 0 Å². The van der Waals surface area contributed by atoms with Gasteiger partial charge in [-0.05, 0) is 36.1 Å². The second-order valence-electron chi connectivity index (χ2n) is 3.85. The summed E-state index contributed by atoms with van der Waals surface area (Å²) >= 11 is 5.87. The molecular weight excluding hydrogens is 214 g/mol. The zero-order chi connectivity index (χ0) is 11.0. The summed E-state index contributed by atoms with van der Waals surface area (Å²) in [6.07, 6.45) is 1.32. The number of fused-ring (bicyclic) bond motifs is 1. The van der Waals surface area contributed by atoms with Gasteiger partial charge in [-0.1, -0.05) is 17.7 Å². The fraction of sp³-hybridized carbons (Fsp3) is 0.364. The Bertz CT molecular complexity index is 406. The molecule has 3 N–H and O–H groups in total. The molecule has 1 aliphatic rings. The summed E-state index contributed by atoms with van der Waals surface area (Å²) in [4.78, 5) is 10.9. The number of benzene rings is 1. The van der Waals surface area contributed by atoms with E-state index in [0.717, 1.165) is 17.5 Å². The minimum atomic E-state index is -0.817. The highest BCUT2D eigenvalue weighted by Crippen LogP contribution is 2.34. The molecule has 2 unspecified atom stereocenters. The van der Waals surface area contributed by atoms with Gasteiger partial charge in [0.1, 0.15) is 0 Å². The molecule has 2 rings (SSSR count). The molecule has 2 atom stereocenters. The molecule has 4 heteroatoms. The number of nitrogens with two attached hydrogens (primary N) is 1. The number of carbonyl (C=O) groups is 1. The Kier molecular flexibility index (Phi) is 2.67. The van der Waals surface area contributed by atoms with Crippen LogP contribution in [0.2, 0.25) is 5.02 Å². The minimum absolute atomic E-state index is 0.413. The fourth-order valence-corrected chi connectivity index (χ4v) is 2.30. The maximum Gasteiger partial charge on any atom is 0.308 e. The highest BCUT2D eigenvalue weighted by Gasteiger charge is 2.31. The SMILES string of the molecule is NC1c2ccc(Cl)cc2CCC1C(=O)O. The molecule has 1 aliphatic carbocycles. The van der Waals surface area contributed by atoms with E-state index < -0.39 is 17.9 Å².